The lowest BCUT2D eigenvalue weighted by molar-refractivity contribution is 1.31. The van der Waals surface area contributed by atoms with E-state index >= 15 is 0 Å². The summed E-state index contributed by atoms with van der Waals surface area (Å²) >= 11 is 6.97. The Kier molecular flexibility index (Phi) is 5.12. The van der Waals surface area contributed by atoms with Crippen LogP contribution in [0.5, 0.6) is 0 Å². The van der Waals surface area contributed by atoms with Gasteiger partial charge in [-0.3, -0.25) is 0 Å². The maximum atomic E-state index is 5.41. The van der Waals surface area contributed by atoms with Crippen molar-refractivity contribution in [1.82, 2.24) is 4.98 Å². The minimum Gasteiger partial charge on any atom is -0.346 e. The fraction of sp³-hybridized carbons (Fsp3) is 0.0667. The lowest BCUT2D eigenvalue weighted by Crippen LogP contribution is -1.99. The van der Waals surface area contributed by atoms with E-state index < -0.39 is 0 Å². The van der Waals surface area contributed by atoms with Gasteiger partial charge in [-0.15, -0.1) is 11.8 Å². The molecule has 0 radical (unpaired) electrons. The summed E-state index contributed by atoms with van der Waals surface area (Å²) in [6.07, 6.45) is 5.65. The highest BCUT2D eigenvalue weighted by Gasteiger charge is 2.06. The summed E-state index contributed by atoms with van der Waals surface area (Å²) < 4.78 is 0.856. The Hall–Kier alpha value is -1.65. The molecular formula is C15H14N2S2. The number of nitrogens with zero attached hydrogens (tertiary/aromatic N) is 1. The second-order valence-electron chi connectivity index (χ2n) is 3.77. The highest BCUT2D eigenvalue weighted by molar-refractivity contribution is 8.24. The van der Waals surface area contributed by atoms with E-state index in [1.165, 1.54) is 0 Å². The van der Waals surface area contributed by atoms with Crippen molar-refractivity contribution in [2.24, 2.45) is 0 Å². The van der Waals surface area contributed by atoms with Gasteiger partial charge in [0.15, 0.2) is 0 Å². The summed E-state index contributed by atoms with van der Waals surface area (Å²) in [6.45, 7) is 0. The first-order chi connectivity index (χ1) is 9.31. The number of aromatic nitrogens is 1. The first-order valence-corrected chi connectivity index (χ1v) is 7.46. The summed E-state index contributed by atoms with van der Waals surface area (Å²) in [7, 11) is 0. The fourth-order valence-corrected chi connectivity index (χ4v) is 2.16. The second kappa shape index (κ2) is 7.07. The third-order valence-corrected chi connectivity index (χ3v) is 3.83. The first kappa shape index (κ1) is 13.8. The molecule has 1 N–H and O–H groups in total. The van der Waals surface area contributed by atoms with Crippen LogP contribution in [-0.2, 0) is 0 Å². The Labute approximate surface area is 123 Å². The Morgan fingerprint density at radius 1 is 1.16 bits per heavy atom. The molecule has 0 spiro atoms. The van der Waals surface area contributed by atoms with Crippen LogP contribution in [0.25, 0.3) is 5.57 Å². The minimum atomic E-state index is 0.805. The lowest BCUT2D eigenvalue weighted by atomic mass is 10.1. The number of thioether (sulfide) groups is 1. The van der Waals surface area contributed by atoms with Crippen LogP contribution in [0.2, 0.25) is 0 Å². The predicted octanol–water partition coefficient (Wildman–Crippen LogP) is 4.23. The Morgan fingerprint density at radius 2 is 1.89 bits per heavy atom. The molecule has 0 aliphatic rings. The topological polar surface area (TPSA) is 24.9 Å². The summed E-state index contributed by atoms with van der Waals surface area (Å²) in [5.41, 5.74) is 2.11. The zero-order valence-electron chi connectivity index (χ0n) is 10.5. The summed E-state index contributed by atoms with van der Waals surface area (Å²) in [6, 6.07) is 15.9. The van der Waals surface area contributed by atoms with Crippen LogP contribution >= 0.6 is 24.0 Å². The van der Waals surface area contributed by atoms with Crippen molar-refractivity contribution in [2.75, 3.05) is 11.6 Å². The largest absolute Gasteiger partial charge is 0.346 e. The molecule has 2 aromatic rings. The number of thiocarbonyl (C=S) groups is 1. The van der Waals surface area contributed by atoms with Gasteiger partial charge >= 0.3 is 0 Å². The molecule has 4 heteroatoms. The van der Waals surface area contributed by atoms with E-state index in [1.54, 1.807) is 18.0 Å². The normalized spacial score (nSPS) is 11.1. The summed E-state index contributed by atoms with van der Waals surface area (Å²) in [4.78, 5) is 4.22. The van der Waals surface area contributed by atoms with Crippen LogP contribution in [-0.4, -0.2) is 15.4 Å². The fourth-order valence-electron chi connectivity index (χ4n) is 1.58. The molecule has 1 aromatic heterocycles. The standard InChI is InChI=1S/C15H14N2S2/c1-19-15(18)13(12-7-3-2-4-8-12)11-17-14-9-5-6-10-16-14/h2-11H,1H3,(H,16,17). The van der Waals surface area contributed by atoms with E-state index in [9.17, 15) is 0 Å². The van der Waals surface area contributed by atoms with Crippen molar-refractivity contribution in [3.8, 4) is 0 Å². The van der Waals surface area contributed by atoms with Gasteiger partial charge in [0.1, 0.15) is 5.82 Å². The molecule has 96 valence electrons. The number of anilines is 1. The number of nitrogens with one attached hydrogen (secondary N) is 1. The molecule has 2 nitrogen and oxygen atoms in total. The van der Waals surface area contributed by atoms with Crippen molar-refractivity contribution in [3.63, 3.8) is 0 Å². The second-order valence-corrected chi connectivity index (χ2v) is 5.26. The lowest BCUT2D eigenvalue weighted by Gasteiger charge is -2.08. The van der Waals surface area contributed by atoms with Crippen molar-refractivity contribution in [1.29, 1.82) is 0 Å². The number of hydrogen-bond acceptors (Lipinski definition) is 4. The van der Waals surface area contributed by atoms with Crippen molar-refractivity contribution in [2.45, 2.75) is 0 Å². The van der Waals surface area contributed by atoms with E-state index in [0.717, 1.165) is 21.2 Å². The Morgan fingerprint density at radius 3 is 2.53 bits per heavy atom. The molecule has 2 rings (SSSR count). The summed E-state index contributed by atoms with van der Waals surface area (Å²) in [5.74, 6) is 0.805. The Bertz CT molecular complexity index is 565. The van der Waals surface area contributed by atoms with Gasteiger partial charge in [-0.1, -0.05) is 48.6 Å². The SMILES string of the molecule is CSC(=S)C(=CNc1ccccn1)c1ccccc1. The number of hydrogen-bond donors (Lipinski definition) is 1. The molecule has 0 aliphatic carbocycles. The molecule has 0 saturated heterocycles. The highest BCUT2D eigenvalue weighted by atomic mass is 32.2. The zero-order valence-corrected chi connectivity index (χ0v) is 12.2. The van der Waals surface area contributed by atoms with E-state index in [-0.39, 0.29) is 0 Å². The smallest absolute Gasteiger partial charge is 0.129 e. The van der Waals surface area contributed by atoms with Crippen LogP contribution in [0, 0.1) is 0 Å². The van der Waals surface area contributed by atoms with Gasteiger partial charge in [0.05, 0.1) is 4.20 Å². The van der Waals surface area contributed by atoms with Gasteiger partial charge in [0.2, 0.25) is 0 Å². The van der Waals surface area contributed by atoms with Crippen molar-refractivity contribution >= 4 is 39.6 Å². The third kappa shape index (κ3) is 3.91. The Balaban J connectivity index is 2.26. The van der Waals surface area contributed by atoms with E-state index in [4.69, 9.17) is 12.2 Å². The minimum absolute atomic E-state index is 0.805. The maximum Gasteiger partial charge on any atom is 0.129 e. The zero-order chi connectivity index (χ0) is 13.5. The number of benzene rings is 1. The quantitative estimate of drug-likeness (QED) is 0.672. The van der Waals surface area contributed by atoms with Crippen molar-refractivity contribution < 1.29 is 0 Å². The van der Waals surface area contributed by atoms with Gasteiger partial charge in [-0.05, 0) is 24.0 Å². The average molecular weight is 286 g/mol. The molecule has 0 bridgehead atoms. The third-order valence-electron chi connectivity index (χ3n) is 2.52. The van der Waals surface area contributed by atoms with Crippen LogP contribution < -0.4 is 5.32 Å². The van der Waals surface area contributed by atoms with E-state index in [0.29, 0.717) is 0 Å². The molecule has 0 fully saturated rings. The van der Waals surface area contributed by atoms with Crippen LogP contribution in [0.15, 0.2) is 60.9 Å². The molecule has 0 atom stereocenters. The van der Waals surface area contributed by atoms with E-state index in [2.05, 4.69) is 22.4 Å². The van der Waals surface area contributed by atoms with Crippen LogP contribution in [0.4, 0.5) is 5.82 Å². The predicted molar refractivity (Wildman–Crippen MR) is 88.4 cm³/mol. The molecular weight excluding hydrogens is 272 g/mol. The maximum absolute atomic E-state index is 5.41. The van der Waals surface area contributed by atoms with Gasteiger partial charge < -0.3 is 5.32 Å². The number of pyridine rings is 1. The van der Waals surface area contributed by atoms with Crippen molar-refractivity contribution in [3.05, 3.63) is 66.5 Å². The van der Waals surface area contributed by atoms with Gasteiger partial charge in [0.25, 0.3) is 0 Å². The van der Waals surface area contributed by atoms with E-state index in [1.807, 2.05) is 48.9 Å². The van der Waals surface area contributed by atoms with Crippen LogP contribution in [0.3, 0.4) is 0 Å². The first-order valence-electron chi connectivity index (χ1n) is 5.83. The molecule has 1 aromatic carbocycles. The van der Waals surface area contributed by atoms with Gasteiger partial charge in [-0.25, -0.2) is 4.98 Å². The summed E-state index contributed by atoms with van der Waals surface area (Å²) in [5, 5.41) is 3.18. The molecule has 1 heterocycles. The number of rotatable bonds is 4. The average Bonchev–Trinajstić information content (AvgIpc) is 2.49. The molecule has 0 aliphatic heterocycles. The molecule has 19 heavy (non-hydrogen) atoms. The van der Waals surface area contributed by atoms with Gasteiger partial charge in [-0.2, -0.15) is 0 Å². The molecule has 0 saturated carbocycles. The molecule has 0 unspecified atom stereocenters. The highest BCUT2D eigenvalue weighted by Crippen LogP contribution is 2.21. The van der Waals surface area contributed by atoms with Crippen LogP contribution in [0.1, 0.15) is 5.56 Å². The van der Waals surface area contributed by atoms with Gasteiger partial charge in [0, 0.05) is 18.0 Å². The monoisotopic (exact) mass is 286 g/mol. The molecule has 0 amide bonds.